The third-order valence-electron chi connectivity index (χ3n) is 8.01. The van der Waals surface area contributed by atoms with Crippen LogP contribution in [0.3, 0.4) is 0 Å². The normalized spacial score (nSPS) is 18.7. The largest absolute Gasteiger partial charge is 0.350 e. The maximum Gasteiger partial charge on any atom is 0.253 e. The second kappa shape index (κ2) is 13.4. The summed E-state index contributed by atoms with van der Waals surface area (Å²) in [5.74, 6) is 0.470. The molecule has 7 nitrogen and oxygen atoms in total. The number of carbonyl (C=O) groups is 1. The fourth-order valence-corrected chi connectivity index (χ4v) is 6.31. The van der Waals surface area contributed by atoms with Crippen molar-refractivity contribution in [2.45, 2.75) is 44.9 Å². The Bertz CT molecular complexity index is 1430. The van der Waals surface area contributed by atoms with Crippen LogP contribution in [0, 0.1) is 11.3 Å². The molecule has 2 aliphatic heterocycles. The maximum absolute atomic E-state index is 12.7. The number of amides is 1. The lowest BCUT2D eigenvalue weighted by Gasteiger charge is -2.46. The molecule has 2 fully saturated rings. The molecule has 41 heavy (non-hydrogen) atoms. The molecule has 3 heterocycles. The summed E-state index contributed by atoms with van der Waals surface area (Å²) in [4.78, 5) is 24.7. The standard InChI is InChI=1S/C31H33Cl3N6O.H2/c1-21-19-39(26-8-10-38(11-9-26)20-23-4-2-22(16-35)3-5-23)12-13-40(21)30-29(34)15-25(18-36-30)31(41)37-17-24-6-7-27(32)28(33)14-24;/h2-7,14-15,18,21,26H,8-13,17,19-20H2,1H3,(H,37,41);1H/t21-;/m1./s1. The van der Waals surface area contributed by atoms with Crippen molar-refractivity contribution in [2.75, 3.05) is 37.6 Å². The summed E-state index contributed by atoms with van der Waals surface area (Å²) in [7, 11) is 0. The Labute approximate surface area is 258 Å². The molecule has 1 atom stereocenters. The Kier molecular flexibility index (Phi) is 9.69. The van der Waals surface area contributed by atoms with Gasteiger partial charge in [0.05, 0.1) is 32.3 Å². The van der Waals surface area contributed by atoms with E-state index >= 15 is 0 Å². The minimum absolute atomic E-state index is 0. The van der Waals surface area contributed by atoms with Crippen LogP contribution in [0.1, 0.15) is 48.2 Å². The van der Waals surface area contributed by atoms with Crippen molar-refractivity contribution in [2.24, 2.45) is 0 Å². The summed E-state index contributed by atoms with van der Waals surface area (Å²) >= 11 is 18.7. The highest BCUT2D eigenvalue weighted by molar-refractivity contribution is 6.42. The monoisotopic (exact) mass is 612 g/mol. The smallest absolute Gasteiger partial charge is 0.253 e. The second-order valence-corrected chi connectivity index (χ2v) is 12.0. The van der Waals surface area contributed by atoms with Crippen LogP contribution in [0.15, 0.2) is 54.7 Å². The molecule has 5 rings (SSSR count). The van der Waals surface area contributed by atoms with E-state index in [9.17, 15) is 4.79 Å². The first-order chi connectivity index (χ1) is 19.8. The summed E-state index contributed by atoms with van der Waals surface area (Å²) in [6.07, 6.45) is 3.89. The van der Waals surface area contributed by atoms with Crippen molar-refractivity contribution in [3.63, 3.8) is 0 Å². The van der Waals surface area contributed by atoms with Crippen molar-refractivity contribution in [1.82, 2.24) is 20.1 Å². The van der Waals surface area contributed by atoms with E-state index < -0.39 is 0 Å². The van der Waals surface area contributed by atoms with Crippen LogP contribution in [-0.4, -0.2) is 65.5 Å². The molecule has 1 N–H and O–H groups in total. The number of nitrogens with one attached hydrogen (secondary N) is 1. The quantitative estimate of drug-likeness (QED) is 0.339. The number of halogens is 3. The van der Waals surface area contributed by atoms with Gasteiger partial charge in [-0.05, 0) is 74.3 Å². The molecule has 216 valence electrons. The van der Waals surface area contributed by atoms with Crippen molar-refractivity contribution < 1.29 is 6.22 Å². The highest BCUT2D eigenvalue weighted by Gasteiger charge is 2.32. The molecule has 0 spiro atoms. The van der Waals surface area contributed by atoms with Crippen molar-refractivity contribution >= 4 is 46.5 Å². The van der Waals surface area contributed by atoms with Gasteiger partial charge in [0.25, 0.3) is 5.91 Å². The third kappa shape index (κ3) is 7.32. The molecule has 1 aromatic heterocycles. The van der Waals surface area contributed by atoms with E-state index in [1.807, 2.05) is 18.2 Å². The van der Waals surface area contributed by atoms with Crippen molar-refractivity contribution in [1.29, 1.82) is 5.26 Å². The van der Waals surface area contributed by atoms with Gasteiger partial charge in [-0.2, -0.15) is 5.26 Å². The van der Waals surface area contributed by atoms with Gasteiger partial charge in [0.1, 0.15) is 5.82 Å². The lowest BCUT2D eigenvalue weighted by molar-refractivity contribution is 0.0904. The Morgan fingerprint density at radius 2 is 1.73 bits per heavy atom. The Balaban J connectivity index is 0.00000405. The van der Waals surface area contributed by atoms with Gasteiger partial charge in [-0.25, -0.2) is 4.98 Å². The molecule has 1 amide bonds. The molecular formula is C31H35Cl3N6O. The summed E-state index contributed by atoms with van der Waals surface area (Å²) in [5.41, 5.74) is 3.23. The van der Waals surface area contributed by atoms with Gasteiger partial charge in [-0.15, -0.1) is 0 Å². The van der Waals surface area contributed by atoms with Gasteiger partial charge in [-0.3, -0.25) is 14.6 Å². The van der Waals surface area contributed by atoms with E-state index in [-0.39, 0.29) is 13.4 Å². The molecule has 2 aromatic carbocycles. The molecule has 2 saturated heterocycles. The van der Waals surface area contributed by atoms with E-state index in [4.69, 9.17) is 40.1 Å². The number of nitrogens with zero attached hydrogens (tertiary/aromatic N) is 5. The average molecular weight is 614 g/mol. The Morgan fingerprint density at radius 1 is 1.00 bits per heavy atom. The van der Waals surface area contributed by atoms with Crippen LogP contribution in [0.25, 0.3) is 0 Å². The molecule has 0 aliphatic carbocycles. The van der Waals surface area contributed by atoms with Crippen LogP contribution < -0.4 is 10.2 Å². The number of pyridine rings is 1. The zero-order valence-corrected chi connectivity index (χ0v) is 25.3. The fourth-order valence-electron chi connectivity index (χ4n) is 5.72. The molecule has 0 bridgehead atoms. The number of benzene rings is 2. The lowest BCUT2D eigenvalue weighted by atomic mass is 10.00. The zero-order valence-electron chi connectivity index (χ0n) is 23.0. The van der Waals surface area contributed by atoms with Gasteiger partial charge >= 0.3 is 0 Å². The first-order valence-electron chi connectivity index (χ1n) is 13.9. The van der Waals surface area contributed by atoms with Crippen molar-refractivity contribution in [3.8, 4) is 6.07 Å². The zero-order chi connectivity index (χ0) is 28.9. The highest BCUT2D eigenvalue weighted by Crippen LogP contribution is 2.29. The minimum atomic E-state index is -0.250. The Hall–Kier alpha value is -2.86. The molecule has 0 radical (unpaired) electrons. The van der Waals surface area contributed by atoms with E-state index in [2.05, 4.69) is 50.1 Å². The molecule has 0 unspecified atom stereocenters. The van der Waals surface area contributed by atoms with Crippen molar-refractivity contribution in [3.05, 3.63) is 92.0 Å². The number of carbonyl (C=O) groups excluding carboxylic acids is 1. The number of likely N-dealkylation sites (tertiary alicyclic amines) is 1. The van der Waals surface area contributed by atoms with Gasteiger partial charge in [0.2, 0.25) is 0 Å². The maximum atomic E-state index is 12.7. The molecule has 0 saturated carbocycles. The summed E-state index contributed by atoms with van der Waals surface area (Å²) in [6, 6.07) is 17.9. The fraction of sp³-hybridized carbons (Fsp3) is 0.387. The average Bonchev–Trinajstić information content (AvgIpc) is 2.98. The van der Waals surface area contributed by atoms with Crippen LogP contribution in [0.5, 0.6) is 0 Å². The summed E-state index contributed by atoms with van der Waals surface area (Å²) in [5, 5.41) is 13.3. The predicted molar refractivity (Wildman–Crippen MR) is 167 cm³/mol. The van der Waals surface area contributed by atoms with Crippen LogP contribution in [0.2, 0.25) is 15.1 Å². The number of hydrogen-bond acceptors (Lipinski definition) is 6. The first-order valence-corrected chi connectivity index (χ1v) is 15.0. The predicted octanol–water partition coefficient (Wildman–Crippen LogP) is 6.26. The van der Waals surface area contributed by atoms with E-state index in [0.717, 1.165) is 63.5 Å². The number of nitriles is 1. The summed E-state index contributed by atoms with van der Waals surface area (Å²) in [6.45, 7) is 8.34. The van der Waals surface area contributed by atoms with Gasteiger partial charge < -0.3 is 10.2 Å². The summed E-state index contributed by atoms with van der Waals surface area (Å²) < 4.78 is 0. The lowest BCUT2D eigenvalue weighted by Crippen LogP contribution is -2.57. The molecule has 2 aliphatic rings. The molecular weight excluding hydrogens is 579 g/mol. The van der Waals surface area contributed by atoms with E-state index in [0.29, 0.717) is 38.8 Å². The highest BCUT2D eigenvalue weighted by atomic mass is 35.5. The number of rotatable bonds is 7. The second-order valence-electron chi connectivity index (χ2n) is 10.8. The minimum Gasteiger partial charge on any atom is -0.350 e. The van der Waals surface area contributed by atoms with Gasteiger partial charge in [0.15, 0.2) is 0 Å². The van der Waals surface area contributed by atoms with Crippen LogP contribution in [-0.2, 0) is 13.1 Å². The first kappa shape index (κ1) is 29.6. The number of piperazine rings is 1. The number of piperidine rings is 1. The SMILES string of the molecule is C[C@@H]1CN(C2CCN(Cc3ccc(C#N)cc3)CC2)CCN1c1ncc(C(=O)NCc2ccc(Cl)c(Cl)c2)cc1Cl.[HH]. The number of anilines is 1. The molecule has 3 aromatic rings. The van der Waals surface area contributed by atoms with Crippen LogP contribution >= 0.6 is 34.8 Å². The number of aromatic nitrogens is 1. The number of hydrogen-bond donors (Lipinski definition) is 1. The van der Waals surface area contributed by atoms with Gasteiger partial charge in [-0.1, -0.05) is 53.0 Å². The van der Waals surface area contributed by atoms with Gasteiger partial charge in [0, 0.05) is 52.4 Å². The topological polar surface area (TPSA) is 75.5 Å². The van der Waals surface area contributed by atoms with E-state index in [1.165, 1.54) is 5.56 Å². The third-order valence-corrected chi connectivity index (χ3v) is 9.03. The Morgan fingerprint density at radius 3 is 2.39 bits per heavy atom. The van der Waals surface area contributed by atoms with E-state index in [1.54, 1.807) is 24.4 Å². The molecule has 10 heteroatoms. The van der Waals surface area contributed by atoms with Crippen LogP contribution in [0.4, 0.5) is 5.82 Å².